The second-order valence-electron chi connectivity index (χ2n) is 4.68. The number of fused-ring (bicyclic) bond motifs is 2. The highest BCUT2D eigenvalue weighted by molar-refractivity contribution is 6.02. The molecule has 11 heteroatoms. The monoisotopic (exact) mass is 342 g/mol. The molecular formula is C14H8F2N8O. The van der Waals surface area contributed by atoms with Crippen LogP contribution in [0.5, 0.6) is 0 Å². The average Bonchev–Trinajstić information content (AvgIpc) is 3.18. The van der Waals surface area contributed by atoms with Gasteiger partial charge in [0.2, 0.25) is 11.9 Å². The Morgan fingerprint density at radius 2 is 1.56 bits per heavy atom. The lowest BCUT2D eigenvalue weighted by atomic mass is 10.2. The average molecular weight is 342 g/mol. The number of hydrogen-bond donors (Lipinski definition) is 3. The molecule has 0 aliphatic heterocycles. The second kappa shape index (κ2) is 6.28. The normalized spacial score (nSPS) is 10.3. The number of carbonyl (C=O) groups excluding carboxylic acids is 1. The molecule has 0 aliphatic rings. The third kappa shape index (κ3) is 3.08. The van der Waals surface area contributed by atoms with Gasteiger partial charge in [-0.25, -0.2) is 0 Å². The standard InChI is InChI=1S/C7H5FN4O.C7H3FN4/c8-4-2-1-3-5(6(9)13)11-12-7(3)10-4;8-6-2-1-4-5(3-9)11-12-7(4)10-6/h1-2H,(H2,9,13)(H,10,11,12);1-2H,(H,10,11,12). The summed E-state index contributed by atoms with van der Waals surface area (Å²) in [7, 11) is 0. The van der Waals surface area contributed by atoms with E-state index in [1.165, 1.54) is 18.2 Å². The molecule has 124 valence electrons. The Morgan fingerprint density at radius 1 is 1.00 bits per heavy atom. The molecule has 4 N–H and O–H groups in total. The zero-order valence-corrected chi connectivity index (χ0v) is 12.3. The minimum absolute atomic E-state index is 0.141. The highest BCUT2D eigenvalue weighted by Crippen LogP contribution is 2.13. The van der Waals surface area contributed by atoms with E-state index in [1.807, 2.05) is 6.07 Å². The quantitative estimate of drug-likeness (QED) is 0.442. The van der Waals surface area contributed by atoms with Crippen molar-refractivity contribution in [3.05, 3.63) is 47.5 Å². The first-order valence-corrected chi connectivity index (χ1v) is 6.70. The van der Waals surface area contributed by atoms with Crippen molar-refractivity contribution in [1.29, 1.82) is 5.26 Å². The molecule has 0 saturated carbocycles. The number of aromatic nitrogens is 6. The van der Waals surface area contributed by atoms with E-state index in [0.717, 1.165) is 6.07 Å². The van der Waals surface area contributed by atoms with Crippen molar-refractivity contribution >= 4 is 28.0 Å². The van der Waals surface area contributed by atoms with Crippen LogP contribution in [0.15, 0.2) is 24.3 Å². The number of H-pyrrole nitrogens is 2. The molecule has 4 rings (SSSR count). The van der Waals surface area contributed by atoms with Crippen LogP contribution in [0.2, 0.25) is 0 Å². The lowest BCUT2D eigenvalue weighted by Crippen LogP contribution is -2.11. The Hall–Kier alpha value is -3.94. The molecule has 0 atom stereocenters. The molecule has 0 saturated heterocycles. The number of nitrogens with two attached hydrogens (primary N) is 1. The molecule has 0 unspecified atom stereocenters. The van der Waals surface area contributed by atoms with Gasteiger partial charge in [-0.05, 0) is 24.3 Å². The number of amides is 1. The van der Waals surface area contributed by atoms with Gasteiger partial charge >= 0.3 is 0 Å². The van der Waals surface area contributed by atoms with Crippen LogP contribution >= 0.6 is 0 Å². The number of nitrogens with zero attached hydrogens (tertiary/aromatic N) is 5. The Balaban J connectivity index is 0.000000146. The van der Waals surface area contributed by atoms with Crippen molar-refractivity contribution in [2.24, 2.45) is 5.73 Å². The van der Waals surface area contributed by atoms with E-state index in [1.54, 1.807) is 0 Å². The van der Waals surface area contributed by atoms with Gasteiger partial charge in [0.05, 0.1) is 10.8 Å². The predicted octanol–water partition coefficient (Wildman–Crippen LogP) is 1.16. The van der Waals surface area contributed by atoms with Crippen molar-refractivity contribution in [2.75, 3.05) is 0 Å². The van der Waals surface area contributed by atoms with Gasteiger partial charge in [0, 0.05) is 0 Å². The van der Waals surface area contributed by atoms with E-state index in [0.29, 0.717) is 16.5 Å². The number of carbonyl (C=O) groups is 1. The molecule has 9 nitrogen and oxygen atoms in total. The number of hydrogen-bond acceptors (Lipinski definition) is 6. The van der Waals surface area contributed by atoms with E-state index in [-0.39, 0.29) is 17.0 Å². The fourth-order valence-electron chi connectivity index (χ4n) is 2.02. The number of rotatable bonds is 1. The molecule has 4 aromatic heterocycles. The summed E-state index contributed by atoms with van der Waals surface area (Å²) in [6.45, 7) is 0. The highest BCUT2D eigenvalue weighted by atomic mass is 19.1. The van der Waals surface area contributed by atoms with E-state index in [2.05, 4.69) is 30.4 Å². The van der Waals surface area contributed by atoms with Crippen LogP contribution < -0.4 is 5.73 Å². The summed E-state index contributed by atoms with van der Waals surface area (Å²) in [6.07, 6.45) is 0. The number of primary amides is 1. The largest absolute Gasteiger partial charge is 0.364 e. The number of halogens is 2. The number of aromatic amines is 2. The maximum atomic E-state index is 12.6. The molecule has 0 radical (unpaired) electrons. The van der Waals surface area contributed by atoms with Gasteiger partial charge in [0.1, 0.15) is 17.5 Å². The lowest BCUT2D eigenvalue weighted by molar-refractivity contribution is 0.0997. The fourth-order valence-corrected chi connectivity index (χ4v) is 2.02. The minimum atomic E-state index is -0.643. The van der Waals surface area contributed by atoms with Crippen LogP contribution in [-0.2, 0) is 0 Å². The van der Waals surface area contributed by atoms with E-state index in [9.17, 15) is 13.6 Å². The third-order valence-electron chi connectivity index (χ3n) is 3.13. The van der Waals surface area contributed by atoms with Crippen LogP contribution in [0, 0.1) is 23.2 Å². The van der Waals surface area contributed by atoms with Crippen LogP contribution in [0.25, 0.3) is 22.1 Å². The van der Waals surface area contributed by atoms with Gasteiger partial charge in [-0.3, -0.25) is 15.0 Å². The van der Waals surface area contributed by atoms with Crippen LogP contribution in [0.1, 0.15) is 16.2 Å². The van der Waals surface area contributed by atoms with E-state index in [4.69, 9.17) is 11.0 Å². The smallest absolute Gasteiger partial charge is 0.267 e. The van der Waals surface area contributed by atoms with Gasteiger partial charge < -0.3 is 5.73 Å². The molecule has 0 aromatic carbocycles. The first kappa shape index (κ1) is 15.9. The predicted molar refractivity (Wildman–Crippen MR) is 80.9 cm³/mol. The molecular weight excluding hydrogens is 334 g/mol. The highest BCUT2D eigenvalue weighted by Gasteiger charge is 2.11. The Morgan fingerprint density at radius 3 is 2.16 bits per heavy atom. The van der Waals surface area contributed by atoms with Gasteiger partial charge in [0.25, 0.3) is 5.91 Å². The molecule has 25 heavy (non-hydrogen) atoms. The summed E-state index contributed by atoms with van der Waals surface area (Å²) >= 11 is 0. The van der Waals surface area contributed by atoms with Crippen LogP contribution in [0.3, 0.4) is 0 Å². The Labute approximate surface area is 137 Å². The first-order valence-electron chi connectivity index (χ1n) is 6.70. The molecule has 1 amide bonds. The maximum Gasteiger partial charge on any atom is 0.267 e. The lowest BCUT2D eigenvalue weighted by Gasteiger charge is -1.89. The number of pyridine rings is 2. The molecule has 0 bridgehead atoms. The zero-order valence-electron chi connectivity index (χ0n) is 12.3. The molecule has 4 aromatic rings. The van der Waals surface area contributed by atoms with Crippen LogP contribution in [-0.4, -0.2) is 36.3 Å². The maximum absolute atomic E-state index is 12.6. The molecule has 0 aliphatic carbocycles. The van der Waals surface area contributed by atoms with Crippen LogP contribution in [0.4, 0.5) is 8.78 Å². The number of nitrogens with one attached hydrogen (secondary N) is 2. The Kier molecular flexibility index (Phi) is 4.00. The minimum Gasteiger partial charge on any atom is -0.364 e. The van der Waals surface area contributed by atoms with Gasteiger partial charge in [-0.2, -0.15) is 34.2 Å². The zero-order chi connectivity index (χ0) is 18.0. The van der Waals surface area contributed by atoms with E-state index < -0.39 is 17.8 Å². The molecule has 0 fully saturated rings. The molecule has 0 spiro atoms. The summed E-state index contributed by atoms with van der Waals surface area (Å²) in [5.41, 5.74) is 5.85. The molecule has 4 heterocycles. The van der Waals surface area contributed by atoms with Crippen molar-refractivity contribution in [2.45, 2.75) is 0 Å². The summed E-state index contributed by atoms with van der Waals surface area (Å²) in [6, 6.07) is 7.10. The van der Waals surface area contributed by atoms with Gasteiger partial charge in [0.15, 0.2) is 11.3 Å². The number of nitriles is 1. The van der Waals surface area contributed by atoms with Gasteiger partial charge in [-0.1, -0.05) is 0 Å². The van der Waals surface area contributed by atoms with Crippen molar-refractivity contribution in [1.82, 2.24) is 30.4 Å². The summed E-state index contributed by atoms with van der Waals surface area (Å²) in [4.78, 5) is 17.7. The van der Waals surface area contributed by atoms with E-state index >= 15 is 0 Å². The Bertz CT molecular complexity index is 1130. The topological polar surface area (TPSA) is 150 Å². The SMILES string of the molecule is N#Cc1[nH]nc2nc(F)ccc12.NC(=O)c1[nH]nc2nc(F)ccc12. The van der Waals surface area contributed by atoms with Crippen molar-refractivity contribution in [3.8, 4) is 6.07 Å². The van der Waals surface area contributed by atoms with Crippen molar-refractivity contribution in [3.63, 3.8) is 0 Å². The summed E-state index contributed by atoms with van der Waals surface area (Å²) in [5.74, 6) is -1.88. The van der Waals surface area contributed by atoms with Crippen molar-refractivity contribution < 1.29 is 13.6 Å². The second-order valence-corrected chi connectivity index (χ2v) is 4.68. The van der Waals surface area contributed by atoms with Gasteiger partial charge in [-0.15, -0.1) is 0 Å². The third-order valence-corrected chi connectivity index (χ3v) is 3.13. The summed E-state index contributed by atoms with van der Waals surface area (Å²) in [5, 5.41) is 21.6. The fraction of sp³-hybridized carbons (Fsp3) is 0. The summed E-state index contributed by atoms with van der Waals surface area (Å²) < 4.78 is 25.1. The first-order chi connectivity index (χ1) is 12.0.